The van der Waals surface area contributed by atoms with Crippen molar-refractivity contribution in [3.63, 3.8) is 0 Å². The third-order valence-electron chi connectivity index (χ3n) is 3.85. The summed E-state index contributed by atoms with van der Waals surface area (Å²) in [4.78, 5) is 12.7. The molecule has 0 saturated carbocycles. The molecule has 1 N–H and O–H groups in total. The SMILES string of the molecule is CCCCOc1ccccc1NC(=O)c1cc(S(=O)(=O)N(C)C)ccc1Cl. The Morgan fingerprint density at radius 2 is 1.89 bits per heavy atom. The average molecular weight is 411 g/mol. The predicted octanol–water partition coefficient (Wildman–Crippen LogP) is 4.02. The van der Waals surface area contributed by atoms with E-state index in [4.69, 9.17) is 16.3 Å². The van der Waals surface area contributed by atoms with Gasteiger partial charge in [-0.05, 0) is 36.8 Å². The second-order valence-corrected chi connectivity index (χ2v) is 8.64. The van der Waals surface area contributed by atoms with Crippen molar-refractivity contribution < 1.29 is 17.9 Å². The van der Waals surface area contributed by atoms with Crippen LogP contribution in [-0.4, -0.2) is 39.3 Å². The van der Waals surface area contributed by atoms with E-state index >= 15 is 0 Å². The van der Waals surface area contributed by atoms with E-state index in [0.29, 0.717) is 18.0 Å². The summed E-state index contributed by atoms with van der Waals surface area (Å²) in [5, 5.41) is 2.91. The van der Waals surface area contributed by atoms with Crippen molar-refractivity contribution in [2.24, 2.45) is 0 Å². The number of benzene rings is 2. The standard InChI is InChI=1S/C19H23ClN2O4S/c1-4-5-12-26-18-9-7-6-8-17(18)21-19(23)15-13-14(10-11-16(15)20)27(24,25)22(2)3/h6-11,13H,4-5,12H2,1-3H3,(H,21,23). The smallest absolute Gasteiger partial charge is 0.257 e. The third kappa shape index (κ3) is 5.22. The molecule has 146 valence electrons. The van der Waals surface area contributed by atoms with E-state index in [9.17, 15) is 13.2 Å². The zero-order valence-electron chi connectivity index (χ0n) is 15.5. The number of para-hydroxylation sites is 2. The average Bonchev–Trinajstić information content (AvgIpc) is 2.63. The molecule has 2 aromatic carbocycles. The van der Waals surface area contributed by atoms with Crippen LogP contribution in [0, 0.1) is 0 Å². The molecule has 8 heteroatoms. The first kappa shape index (κ1) is 21.2. The quantitative estimate of drug-likeness (QED) is 0.667. The Morgan fingerprint density at radius 3 is 2.56 bits per heavy atom. The van der Waals surface area contributed by atoms with E-state index in [1.54, 1.807) is 18.2 Å². The number of ether oxygens (including phenoxy) is 1. The summed E-state index contributed by atoms with van der Waals surface area (Å²) in [7, 11) is -0.827. The maximum atomic E-state index is 12.7. The Hall–Kier alpha value is -2.09. The van der Waals surface area contributed by atoms with Crippen LogP contribution in [0.1, 0.15) is 30.1 Å². The van der Waals surface area contributed by atoms with E-state index in [-0.39, 0.29) is 15.5 Å². The Labute approximate surface area is 165 Å². The summed E-state index contributed by atoms with van der Waals surface area (Å²) in [5.41, 5.74) is 0.568. The number of rotatable bonds is 8. The van der Waals surface area contributed by atoms with Gasteiger partial charge < -0.3 is 10.1 Å². The maximum Gasteiger partial charge on any atom is 0.257 e. The lowest BCUT2D eigenvalue weighted by molar-refractivity contribution is 0.102. The van der Waals surface area contributed by atoms with Gasteiger partial charge in [-0.2, -0.15) is 0 Å². The largest absolute Gasteiger partial charge is 0.491 e. The first-order valence-corrected chi connectivity index (χ1v) is 10.3. The first-order chi connectivity index (χ1) is 12.8. The molecule has 0 unspecified atom stereocenters. The molecule has 0 atom stereocenters. The molecule has 1 amide bonds. The van der Waals surface area contributed by atoms with Gasteiger partial charge in [0.1, 0.15) is 5.75 Å². The molecule has 2 aromatic rings. The Morgan fingerprint density at radius 1 is 1.19 bits per heavy atom. The normalized spacial score (nSPS) is 11.4. The van der Waals surface area contributed by atoms with Crippen LogP contribution in [0.5, 0.6) is 5.75 Å². The summed E-state index contributed by atoms with van der Waals surface area (Å²) in [6.45, 7) is 2.61. The van der Waals surface area contributed by atoms with E-state index in [0.717, 1.165) is 17.1 Å². The second kappa shape index (κ2) is 9.21. The number of amides is 1. The van der Waals surface area contributed by atoms with Crippen LogP contribution in [0.2, 0.25) is 5.02 Å². The van der Waals surface area contributed by atoms with Crippen LogP contribution in [-0.2, 0) is 10.0 Å². The fourth-order valence-electron chi connectivity index (χ4n) is 2.26. The molecular formula is C19H23ClN2O4S. The summed E-state index contributed by atoms with van der Waals surface area (Å²) >= 11 is 6.13. The highest BCUT2D eigenvalue weighted by Gasteiger charge is 2.21. The van der Waals surface area contributed by atoms with Crippen molar-refractivity contribution in [2.45, 2.75) is 24.7 Å². The first-order valence-electron chi connectivity index (χ1n) is 8.52. The van der Waals surface area contributed by atoms with E-state index in [2.05, 4.69) is 12.2 Å². The molecule has 0 fully saturated rings. The van der Waals surface area contributed by atoms with E-state index in [1.807, 2.05) is 6.07 Å². The highest BCUT2D eigenvalue weighted by molar-refractivity contribution is 7.89. The van der Waals surface area contributed by atoms with Crippen molar-refractivity contribution >= 4 is 33.2 Å². The molecular weight excluding hydrogens is 388 g/mol. The van der Waals surface area contributed by atoms with Crippen molar-refractivity contribution in [1.82, 2.24) is 4.31 Å². The van der Waals surface area contributed by atoms with Crippen LogP contribution >= 0.6 is 11.6 Å². The fourth-order valence-corrected chi connectivity index (χ4v) is 3.39. The van der Waals surface area contributed by atoms with Crippen molar-refractivity contribution in [2.75, 3.05) is 26.0 Å². The number of nitrogens with zero attached hydrogens (tertiary/aromatic N) is 1. The van der Waals surface area contributed by atoms with Gasteiger partial charge in [0.25, 0.3) is 5.91 Å². The molecule has 0 aliphatic carbocycles. The Bertz CT molecular complexity index is 914. The van der Waals surface area contributed by atoms with Crippen LogP contribution in [0.4, 0.5) is 5.69 Å². The summed E-state index contributed by atoms with van der Waals surface area (Å²) in [6.07, 6.45) is 1.90. The van der Waals surface area contributed by atoms with Gasteiger partial charge in [0.05, 0.1) is 27.8 Å². The number of sulfonamides is 1. The van der Waals surface area contributed by atoms with Crippen LogP contribution in [0.15, 0.2) is 47.4 Å². The summed E-state index contributed by atoms with van der Waals surface area (Å²) in [6, 6.07) is 11.1. The molecule has 0 heterocycles. The number of hydrogen-bond acceptors (Lipinski definition) is 4. The number of hydrogen-bond donors (Lipinski definition) is 1. The molecule has 0 aromatic heterocycles. The van der Waals surface area contributed by atoms with Gasteiger partial charge in [-0.25, -0.2) is 12.7 Å². The molecule has 0 radical (unpaired) electrons. The van der Waals surface area contributed by atoms with E-state index in [1.165, 1.54) is 32.3 Å². The number of carbonyl (C=O) groups is 1. The Kier molecular flexibility index (Phi) is 7.24. The number of halogens is 1. The molecule has 0 bridgehead atoms. The number of nitrogens with one attached hydrogen (secondary N) is 1. The Balaban J connectivity index is 2.29. The molecule has 2 rings (SSSR count). The number of anilines is 1. The van der Waals surface area contributed by atoms with Crippen LogP contribution in [0.25, 0.3) is 0 Å². The molecule has 27 heavy (non-hydrogen) atoms. The van der Waals surface area contributed by atoms with Gasteiger partial charge in [0.2, 0.25) is 10.0 Å². The summed E-state index contributed by atoms with van der Waals surface area (Å²) < 4.78 is 31.4. The lowest BCUT2D eigenvalue weighted by Crippen LogP contribution is -2.23. The zero-order valence-corrected chi connectivity index (χ0v) is 17.1. The second-order valence-electron chi connectivity index (χ2n) is 6.08. The monoisotopic (exact) mass is 410 g/mol. The van der Waals surface area contributed by atoms with Crippen molar-refractivity contribution in [3.05, 3.63) is 53.1 Å². The topological polar surface area (TPSA) is 75.7 Å². The zero-order chi connectivity index (χ0) is 20.0. The van der Waals surface area contributed by atoms with Crippen molar-refractivity contribution in [3.8, 4) is 5.75 Å². The highest BCUT2D eigenvalue weighted by Crippen LogP contribution is 2.27. The molecule has 0 aliphatic heterocycles. The maximum absolute atomic E-state index is 12.7. The molecule has 0 spiro atoms. The predicted molar refractivity (Wildman–Crippen MR) is 107 cm³/mol. The number of carbonyl (C=O) groups excluding carboxylic acids is 1. The van der Waals surface area contributed by atoms with Gasteiger partial charge >= 0.3 is 0 Å². The lowest BCUT2D eigenvalue weighted by Gasteiger charge is -2.15. The van der Waals surface area contributed by atoms with Crippen LogP contribution in [0.3, 0.4) is 0 Å². The van der Waals surface area contributed by atoms with Crippen LogP contribution < -0.4 is 10.1 Å². The molecule has 0 saturated heterocycles. The minimum atomic E-state index is -3.68. The minimum Gasteiger partial charge on any atom is -0.491 e. The highest BCUT2D eigenvalue weighted by atomic mass is 35.5. The van der Waals surface area contributed by atoms with Gasteiger partial charge in [-0.1, -0.05) is 37.1 Å². The van der Waals surface area contributed by atoms with Gasteiger partial charge in [-0.15, -0.1) is 0 Å². The van der Waals surface area contributed by atoms with Gasteiger partial charge in [0, 0.05) is 14.1 Å². The molecule has 0 aliphatic rings. The minimum absolute atomic E-state index is 0.00506. The fraction of sp³-hybridized carbons (Fsp3) is 0.316. The summed E-state index contributed by atoms with van der Waals surface area (Å²) in [5.74, 6) is 0.0369. The third-order valence-corrected chi connectivity index (χ3v) is 5.99. The van der Waals surface area contributed by atoms with Gasteiger partial charge in [0.15, 0.2) is 0 Å². The lowest BCUT2D eigenvalue weighted by atomic mass is 10.2. The van der Waals surface area contributed by atoms with E-state index < -0.39 is 15.9 Å². The van der Waals surface area contributed by atoms with Crippen molar-refractivity contribution in [1.29, 1.82) is 0 Å². The number of unbranched alkanes of at least 4 members (excludes halogenated alkanes) is 1. The van der Waals surface area contributed by atoms with Gasteiger partial charge in [-0.3, -0.25) is 4.79 Å². The molecule has 6 nitrogen and oxygen atoms in total.